The zero-order valence-corrected chi connectivity index (χ0v) is 25.2. The number of fused-ring (bicyclic) bond motifs is 3. The molecule has 0 aliphatic rings. The van der Waals surface area contributed by atoms with Gasteiger partial charge in [-0.2, -0.15) is 13.2 Å². The van der Waals surface area contributed by atoms with Gasteiger partial charge in [0, 0.05) is 17.1 Å². The summed E-state index contributed by atoms with van der Waals surface area (Å²) >= 11 is 0. The Morgan fingerprint density at radius 1 is 0.362 bits per heavy atom. The van der Waals surface area contributed by atoms with Crippen molar-refractivity contribution in [2.45, 2.75) is 6.18 Å². The van der Waals surface area contributed by atoms with Gasteiger partial charge in [-0.3, -0.25) is 0 Å². The third-order valence-electron chi connectivity index (χ3n) is 8.87. The summed E-state index contributed by atoms with van der Waals surface area (Å²) in [5, 5.41) is 7.09. The van der Waals surface area contributed by atoms with Crippen LogP contribution >= 0.6 is 0 Å². The molecule has 1 nitrogen and oxygen atoms in total. The first kappa shape index (κ1) is 28.6. The van der Waals surface area contributed by atoms with E-state index < -0.39 is 11.7 Å². The van der Waals surface area contributed by atoms with Crippen molar-refractivity contribution >= 4 is 49.4 Å². The molecule has 0 aliphatic carbocycles. The van der Waals surface area contributed by atoms with E-state index >= 15 is 0 Å². The van der Waals surface area contributed by atoms with Gasteiger partial charge in [-0.1, -0.05) is 121 Å². The van der Waals surface area contributed by atoms with Crippen LogP contribution in [0.1, 0.15) is 5.56 Å². The van der Waals surface area contributed by atoms with Crippen molar-refractivity contribution in [1.29, 1.82) is 0 Å². The van der Waals surface area contributed by atoms with Gasteiger partial charge in [-0.05, 0) is 103 Å². The van der Waals surface area contributed by atoms with Crippen LogP contribution in [0, 0.1) is 0 Å². The number of halogens is 3. The fourth-order valence-corrected chi connectivity index (χ4v) is 6.77. The van der Waals surface area contributed by atoms with Crippen LogP contribution in [0.3, 0.4) is 0 Å². The summed E-state index contributed by atoms with van der Waals surface area (Å²) in [6, 6.07) is 55.5. The van der Waals surface area contributed by atoms with Gasteiger partial charge in [0.05, 0.1) is 5.56 Å². The quantitative estimate of drug-likeness (QED) is 0.174. The standard InChI is InChI=1S/C43H28F3N/c44-43(45,46)31-23-27-34(28-24-31)47(32-13-2-1-3-14-32)33-25-21-30(22-26-33)41-37-16-6-8-18-39(37)42(40-19-9-7-17-38(40)41)36-20-10-12-29-11-4-5-15-35(29)36/h1-28H. The fraction of sp³-hybridized carbons (Fsp3) is 0.0233. The summed E-state index contributed by atoms with van der Waals surface area (Å²) in [6.07, 6.45) is -4.40. The SMILES string of the molecule is FC(F)(F)c1ccc(N(c2ccccc2)c2ccc(-c3c4ccccc4c(-c4cccc5ccccc45)c4ccccc34)cc2)cc1. The van der Waals surface area contributed by atoms with Crippen LogP contribution in [0.2, 0.25) is 0 Å². The lowest BCUT2D eigenvalue weighted by Crippen LogP contribution is -2.11. The maximum atomic E-state index is 13.4. The summed E-state index contributed by atoms with van der Waals surface area (Å²) in [7, 11) is 0. The molecule has 0 radical (unpaired) electrons. The van der Waals surface area contributed by atoms with Crippen molar-refractivity contribution in [1.82, 2.24) is 0 Å². The highest BCUT2D eigenvalue weighted by Crippen LogP contribution is 2.46. The predicted molar refractivity (Wildman–Crippen MR) is 190 cm³/mol. The second kappa shape index (κ2) is 11.5. The molecule has 0 unspecified atom stereocenters. The van der Waals surface area contributed by atoms with E-state index in [4.69, 9.17) is 0 Å². The van der Waals surface area contributed by atoms with E-state index in [1.807, 2.05) is 47.4 Å². The van der Waals surface area contributed by atoms with E-state index in [-0.39, 0.29) is 0 Å². The molecule has 4 heteroatoms. The Hall–Kier alpha value is -5.87. The minimum Gasteiger partial charge on any atom is -0.311 e. The Bertz CT molecular complexity index is 2310. The first-order valence-corrected chi connectivity index (χ1v) is 15.5. The second-order valence-electron chi connectivity index (χ2n) is 11.6. The summed E-state index contributed by atoms with van der Waals surface area (Å²) in [6.45, 7) is 0. The largest absolute Gasteiger partial charge is 0.416 e. The molecule has 0 spiro atoms. The van der Waals surface area contributed by atoms with E-state index in [9.17, 15) is 13.2 Å². The molecule has 0 heterocycles. The zero-order valence-electron chi connectivity index (χ0n) is 25.2. The van der Waals surface area contributed by atoms with E-state index in [1.165, 1.54) is 44.8 Å². The lowest BCUT2D eigenvalue weighted by atomic mass is 9.85. The minimum absolute atomic E-state index is 0.646. The molecule has 0 bridgehead atoms. The molecule has 8 aromatic rings. The van der Waals surface area contributed by atoms with Gasteiger partial charge < -0.3 is 4.90 Å². The van der Waals surface area contributed by atoms with Gasteiger partial charge in [-0.25, -0.2) is 0 Å². The van der Waals surface area contributed by atoms with Crippen LogP contribution in [0.15, 0.2) is 170 Å². The Labute approximate surface area is 270 Å². The van der Waals surface area contributed by atoms with Crippen molar-refractivity contribution < 1.29 is 13.2 Å². The molecule has 226 valence electrons. The highest BCUT2D eigenvalue weighted by molar-refractivity contribution is 6.23. The van der Waals surface area contributed by atoms with Crippen LogP contribution in [0.4, 0.5) is 30.2 Å². The van der Waals surface area contributed by atoms with Crippen LogP contribution in [-0.4, -0.2) is 0 Å². The number of hydrogen-bond donors (Lipinski definition) is 0. The lowest BCUT2D eigenvalue weighted by molar-refractivity contribution is -0.137. The van der Waals surface area contributed by atoms with Crippen LogP contribution in [0.5, 0.6) is 0 Å². The van der Waals surface area contributed by atoms with Crippen molar-refractivity contribution in [2.75, 3.05) is 4.90 Å². The average Bonchev–Trinajstić information content (AvgIpc) is 3.11. The van der Waals surface area contributed by atoms with Gasteiger partial charge in [-0.15, -0.1) is 0 Å². The van der Waals surface area contributed by atoms with E-state index in [2.05, 4.69) is 103 Å². The molecule has 0 saturated heterocycles. The van der Waals surface area contributed by atoms with Crippen LogP contribution < -0.4 is 4.90 Å². The first-order chi connectivity index (χ1) is 23.0. The molecule has 0 fully saturated rings. The highest BCUT2D eigenvalue weighted by atomic mass is 19.4. The maximum absolute atomic E-state index is 13.4. The third-order valence-corrected chi connectivity index (χ3v) is 8.87. The van der Waals surface area contributed by atoms with E-state index in [0.717, 1.165) is 45.4 Å². The van der Waals surface area contributed by atoms with E-state index in [1.54, 1.807) is 0 Å². The van der Waals surface area contributed by atoms with Gasteiger partial charge in [0.1, 0.15) is 0 Å². The highest BCUT2D eigenvalue weighted by Gasteiger charge is 2.30. The molecule has 0 amide bonds. The first-order valence-electron chi connectivity index (χ1n) is 15.5. The van der Waals surface area contributed by atoms with Gasteiger partial charge in [0.15, 0.2) is 0 Å². The van der Waals surface area contributed by atoms with Crippen molar-refractivity contribution in [3.63, 3.8) is 0 Å². The van der Waals surface area contributed by atoms with Gasteiger partial charge in [0.2, 0.25) is 0 Å². The normalized spacial score (nSPS) is 11.7. The predicted octanol–water partition coefficient (Wildman–Crippen LogP) is 13.0. The molecular weight excluding hydrogens is 587 g/mol. The smallest absolute Gasteiger partial charge is 0.311 e. The topological polar surface area (TPSA) is 3.24 Å². The lowest BCUT2D eigenvalue weighted by Gasteiger charge is -2.26. The molecule has 47 heavy (non-hydrogen) atoms. The number of nitrogens with zero attached hydrogens (tertiary/aromatic N) is 1. The second-order valence-corrected chi connectivity index (χ2v) is 11.6. The summed E-state index contributed by atoms with van der Waals surface area (Å²) in [5.74, 6) is 0. The Kier molecular flexibility index (Phi) is 6.99. The number of rotatable bonds is 5. The third kappa shape index (κ3) is 5.08. The number of hydrogen-bond acceptors (Lipinski definition) is 1. The molecule has 0 aromatic heterocycles. The zero-order chi connectivity index (χ0) is 32.0. The fourth-order valence-electron chi connectivity index (χ4n) is 6.77. The maximum Gasteiger partial charge on any atom is 0.416 e. The number of benzene rings is 8. The van der Waals surface area contributed by atoms with Crippen LogP contribution in [-0.2, 0) is 6.18 Å². The average molecular weight is 616 g/mol. The molecule has 8 rings (SSSR count). The number of para-hydroxylation sites is 1. The summed E-state index contributed by atoms with van der Waals surface area (Å²) < 4.78 is 40.1. The molecule has 0 atom stereocenters. The number of alkyl halides is 3. The molecule has 0 N–H and O–H groups in total. The Morgan fingerprint density at radius 2 is 0.809 bits per heavy atom. The van der Waals surface area contributed by atoms with Gasteiger partial charge in [0.25, 0.3) is 0 Å². The molecular formula is C43H28F3N. The summed E-state index contributed by atoms with van der Waals surface area (Å²) in [4.78, 5) is 1.98. The molecule has 8 aromatic carbocycles. The minimum atomic E-state index is -4.40. The van der Waals surface area contributed by atoms with Crippen LogP contribution in [0.25, 0.3) is 54.6 Å². The van der Waals surface area contributed by atoms with Gasteiger partial charge >= 0.3 is 6.18 Å². The molecule has 0 saturated carbocycles. The Morgan fingerprint density at radius 3 is 1.38 bits per heavy atom. The number of anilines is 3. The van der Waals surface area contributed by atoms with Crippen molar-refractivity contribution in [3.05, 3.63) is 175 Å². The molecule has 0 aliphatic heterocycles. The van der Waals surface area contributed by atoms with Crippen molar-refractivity contribution in [3.8, 4) is 22.3 Å². The van der Waals surface area contributed by atoms with E-state index in [0.29, 0.717) is 5.69 Å². The monoisotopic (exact) mass is 615 g/mol. The van der Waals surface area contributed by atoms with Crippen molar-refractivity contribution in [2.24, 2.45) is 0 Å². The Balaban J connectivity index is 1.31. The summed E-state index contributed by atoms with van der Waals surface area (Å²) in [5.41, 5.74) is 6.30.